The minimum absolute atomic E-state index is 0.279. The van der Waals surface area contributed by atoms with Crippen LogP contribution in [0.3, 0.4) is 0 Å². The molecule has 0 aliphatic carbocycles. The van der Waals surface area contributed by atoms with Crippen molar-refractivity contribution in [2.45, 2.75) is 53.7 Å². The predicted molar refractivity (Wildman–Crippen MR) is 126 cm³/mol. The highest BCUT2D eigenvalue weighted by Gasteiger charge is 2.16. The van der Waals surface area contributed by atoms with Gasteiger partial charge in [-0.3, -0.25) is 0 Å². The second-order valence-electron chi connectivity index (χ2n) is 8.09. The van der Waals surface area contributed by atoms with Gasteiger partial charge in [0.05, 0.1) is 12.6 Å². The summed E-state index contributed by atoms with van der Waals surface area (Å²) in [5, 5.41) is 6.76. The van der Waals surface area contributed by atoms with E-state index in [9.17, 15) is 0 Å². The van der Waals surface area contributed by atoms with E-state index in [4.69, 9.17) is 9.73 Å². The fourth-order valence-corrected chi connectivity index (χ4v) is 3.66. The Bertz CT molecular complexity index is 611. The van der Waals surface area contributed by atoms with E-state index in [-0.39, 0.29) is 6.10 Å². The van der Waals surface area contributed by atoms with E-state index in [2.05, 4.69) is 72.2 Å². The molecule has 2 N–H and O–H groups in total. The summed E-state index contributed by atoms with van der Waals surface area (Å²) in [5.74, 6) is 2.43. The molecule has 1 fully saturated rings. The van der Waals surface area contributed by atoms with Gasteiger partial charge in [0.25, 0.3) is 0 Å². The van der Waals surface area contributed by atoms with Crippen molar-refractivity contribution in [2.24, 2.45) is 10.9 Å². The SMILES string of the molecule is CCNC(=NCc1ccc(N2CCN(CC)CC2)nc1)NCCC(OCC)C(C)C. The molecule has 0 aromatic carbocycles. The normalized spacial score (nSPS) is 16.7. The molecule has 0 amide bonds. The van der Waals surface area contributed by atoms with E-state index >= 15 is 0 Å². The van der Waals surface area contributed by atoms with Crippen LogP contribution < -0.4 is 15.5 Å². The van der Waals surface area contributed by atoms with Crippen molar-refractivity contribution in [1.29, 1.82) is 0 Å². The summed E-state index contributed by atoms with van der Waals surface area (Å²) in [5.41, 5.74) is 1.12. The maximum absolute atomic E-state index is 5.83. The largest absolute Gasteiger partial charge is 0.378 e. The topological polar surface area (TPSA) is 65.0 Å². The lowest BCUT2D eigenvalue weighted by Gasteiger charge is -2.34. The average molecular weight is 419 g/mol. The Balaban J connectivity index is 1.85. The van der Waals surface area contributed by atoms with Gasteiger partial charge in [-0.1, -0.05) is 26.8 Å². The van der Waals surface area contributed by atoms with Crippen molar-refractivity contribution >= 4 is 11.8 Å². The summed E-state index contributed by atoms with van der Waals surface area (Å²) in [6.07, 6.45) is 3.21. The number of nitrogens with zero attached hydrogens (tertiary/aromatic N) is 4. The van der Waals surface area contributed by atoms with Gasteiger partial charge < -0.3 is 25.2 Å². The number of nitrogens with one attached hydrogen (secondary N) is 2. The zero-order valence-electron chi connectivity index (χ0n) is 19.7. The third-order valence-electron chi connectivity index (χ3n) is 5.56. The number of hydrogen-bond acceptors (Lipinski definition) is 5. The van der Waals surface area contributed by atoms with Gasteiger partial charge >= 0.3 is 0 Å². The summed E-state index contributed by atoms with van der Waals surface area (Å²) >= 11 is 0. The Morgan fingerprint density at radius 2 is 1.90 bits per heavy atom. The van der Waals surface area contributed by atoms with E-state index in [1.54, 1.807) is 0 Å². The summed E-state index contributed by atoms with van der Waals surface area (Å²) in [6.45, 7) is 19.3. The van der Waals surface area contributed by atoms with Gasteiger partial charge in [0.15, 0.2) is 5.96 Å². The lowest BCUT2D eigenvalue weighted by molar-refractivity contribution is 0.0258. The number of hydrogen-bond donors (Lipinski definition) is 2. The molecule has 7 nitrogen and oxygen atoms in total. The predicted octanol–water partition coefficient (Wildman–Crippen LogP) is 2.73. The molecule has 1 aromatic heterocycles. The van der Waals surface area contributed by atoms with E-state index in [1.165, 1.54) is 0 Å². The first-order valence-electron chi connectivity index (χ1n) is 11.6. The van der Waals surface area contributed by atoms with Gasteiger partial charge in [-0.15, -0.1) is 0 Å². The molecule has 1 saturated heterocycles. The highest BCUT2D eigenvalue weighted by atomic mass is 16.5. The van der Waals surface area contributed by atoms with Crippen molar-refractivity contribution in [2.75, 3.05) is 57.3 Å². The third-order valence-corrected chi connectivity index (χ3v) is 5.56. The molecule has 2 rings (SSSR count). The van der Waals surface area contributed by atoms with Crippen LogP contribution in [0.1, 0.15) is 46.6 Å². The molecule has 1 aromatic rings. The molecule has 0 radical (unpaired) electrons. The Morgan fingerprint density at radius 1 is 1.13 bits per heavy atom. The highest BCUT2D eigenvalue weighted by molar-refractivity contribution is 5.79. The van der Waals surface area contributed by atoms with Crippen molar-refractivity contribution < 1.29 is 4.74 Å². The molecule has 0 spiro atoms. The number of pyridine rings is 1. The first kappa shape index (κ1) is 24.4. The van der Waals surface area contributed by atoms with E-state index < -0.39 is 0 Å². The number of piperazine rings is 1. The number of likely N-dealkylation sites (N-methyl/N-ethyl adjacent to an activating group) is 1. The first-order chi connectivity index (χ1) is 14.6. The molecule has 7 heteroatoms. The standard InChI is InChI=1S/C23H42N6O/c1-6-24-23(25-12-11-21(19(4)5)30-8-3)27-18-20-9-10-22(26-17-20)29-15-13-28(7-2)14-16-29/h9-10,17,19,21H,6-8,11-16,18H2,1-5H3,(H2,24,25,27). The van der Waals surface area contributed by atoms with Gasteiger partial charge in [0, 0.05) is 52.1 Å². The summed E-state index contributed by atoms with van der Waals surface area (Å²) < 4.78 is 5.83. The van der Waals surface area contributed by atoms with Crippen molar-refractivity contribution in [1.82, 2.24) is 20.5 Å². The maximum Gasteiger partial charge on any atom is 0.191 e. The molecular formula is C23H42N6O. The molecule has 1 atom stereocenters. The van der Waals surface area contributed by atoms with Gasteiger partial charge in [0.1, 0.15) is 5.82 Å². The fraction of sp³-hybridized carbons (Fsp3) is 0.739. The van der Waals surface area contributed by atoms with Gasteiger partial charge in [-0.2, -0.15) is 0 Å². The smallest absolute Gasteiger partial charge is 0.191 e. The monoisotopic (exact) mass is 418 g/mol. The average Bonchev–Trinajstić information content (AvgIpc) is 2.77. The Hall–Kier alpha value is -1.86. The van der Waals surface area contributed by atoms with Gasteiger partial charge in [-0.05, 0) is 44.4 Å². The van der Waals surface area contributed by atoms with E-state index in [1.807, 2.05) is 6.20 Å². The number of aliphatic imine (C=N–C) groups is 1. The number of aromatic nitrogens is 1. The minimum atomic E-state index is 0.279. The molecule has 0 bridgehead atoms. The van der Waals surface area contributed by atoms with Crippen LogP contribution in [0.5, 0.6) is 0 Å². The Morgan fingerprint density at radius 3 is 2.47 bits per heavy atom. The molecule has 2 heterocycles. The number of ether oxygens (including phenoxy) is 1. The van der Waals surface area contributed by atoms with Crippen LogP contribution in [-0.2, 0) is 11.3 Å². The van der Waals surface area contributed by atoms with Crippen LogP contribution in [0.2, 0.25) is 0 Å². The van der Waals surface area contributed by atoms with E-state index in [0.717, 1.165) is 76.2 Å². The Labute approximate surface area is 183 Å². The minimum Gasteiger partial charge on any atom is -0.378 e. The summed E-state index contributed by atoms with van der Waals surface area (Å²) in [6, 6.07) is 4.27. The lowest BCUT2D eigenvalue weighted by Crippen LogP contribution is -2.46. The quantitative estimate of drug-likeness (QED) is 0.426. The van der Waals surface area contributed by atoms with Crippen molar-refractivity contribution in [3.8, 4) is 0 Å². The first-order valence-corrected chi connectivity index (χ1v) is 11.6. The molecule has 1 aliphatic rings. The summed E-state index contributed by atoms with van der Waals surface area (Å²) in [7, 11) is 0. The van der Waals surface area contributed by atoms with Crippen LogP contribution in [0, 0.1) is 5.92 Å². The molecule has 0 saturated carbocycles. The number of rotatable bonds is 11. The van der Waals surface area contributed by atoms with Crippen LogP contribution in [0.25, 0.3) is 0 Å². The zero-order chi connectivity index (χ0) is 21.8. The molecule has 30 heavy (non-hydrogen) atoms. The van der Waals surface area contributed by atoms with Crippen LogP contribution in [-0.4, -0.2) is 74.4 Å². The third kappa shape index (κ3) is 8.11. The molecule has 1 aliphatic heterocycles. The summed E-state index contributed by atoms with van der Waals surface area (Å²) in [4.78, 5) is 14.3. The van der Waals surface area contributed by atoms with Crippen LogP contribution in [0.4, 0.5) is 5.82 Å². The maximum atomic E-state index is 5.83. The molecule has 1 unspecified atom stereocenters. The zero-order valence-corrected chi connectivity index (χ0v) is 19.7. The molecular weight excluding hydrogens is 376 g/mol. The second kappa shape index (κ2) is 13.4. The van der Waals surface area contributed by atoms with E-state index in [0.29, 0.717) is 12.5 Å². The van der Waals surface area contributed by atoms with Crippen LogP contribution in [0.15, 0.2) is 23.3 Å². The van der Waals surface area contributed by atoms with Crippen LogP contribution >= 0.6 is 0 Å². The van der Waals surface area contributed by atoms with Gasteiger partial charge in [-0.25, -0.2) is 9.98 Å². The number of guanidine groups is 1. The second-order valence-corrected chi connectivity index (χ2v) is 8.09. The molecule has 170 valence electrons. The lowest BCUT2D eigenvalue weighted by atomic mass is 10.0. The van der Waals surface area contributed by atoms with Crippen molar-refractivity contribution in [3.05, 3.63) is 23.9 Å². The van der Waals surface area contributed by atoms with Crippen molar-refractivity contribution in [3.63, 3.8) is 0 Å². The highest BCUT2D eigenvalue weighted by Crippen LogP contribution is 2.14. The number of anilines is 1. The van der Waals surface area contributed by atoms with Gasteiger partial charge in [0.2, 0.25) is 0 Å². The Kier molecular flexibility index (Phi) is 10.9. The fourth-order valence-electron chi connectivity index (χ4n) is 3.66.